The Kier molecular flexibility index (Phi) is 14.1. The van der Waals surface area contributed by atoms with Gasteiger partial charge in [-0.2, -0.15) is 0 Å². The van der Waals surface area contributed by atoms with Gasteiger partial charge in [0.15, 0.2) is 5.78 Å². The Morgan fingerprint density at radius 3 is 1.88 bits per heavy atom. The second-order valence-corrected chi connectivity index (χ2v) is 18.4. The molecule has 0 saturated heterocycles. The van der Waals surface area contributed by atoms with Crippen molar-refractivity contribution in [2.75, 3.05) is 13.7 Å². The number of rotatable bonds is 10. The van der Waals surface area contributed by atoms with E-state index in [1.807, 2.05) is 104 Å². The zero-order chi connectivity index (χ0) is 36.1. The second-order valence-electron chi connectivity index (χ2n) is 12.7. The van der Waals surface area contributed by atoms with Crippen LogP contribution in [0.3, 0.4) is 0 Å². The Bertz CT molecular complexity index is 1680. The highest BCUT2D eigenvalue weighted by Gasteiger charge is 2.42. The molecule has 0 amide bonds. The number of hydrogen-bond donors (Lipinski definition) is 1. The van der Waals surface area contributed by atoms with Gasteiger partial charge in [-0.3, -0.25) is 14.4 Å². The van der Waals surface area contributed by atoms with E-state index in [9.17, 15) is 19.5 Å². The largest absolute Gasteiger partial charge is 0.510 e. The van der Waals surface area contributed by atoms with E-state index in [1.165, 1.54) is 23.5 Å². The van der Waals surface area contributed by atoms with E-state index in [0.29, 0.717) is 11.3 Å². The number of hydrogen-bond acceptors (Lipinski definition) is 8. The molecule has 1 N–H and O–H groups in total. The highest BCUT2D eigenvalue weighted by atomic mass is 127. The SMILES string of the molecule is CCOC(=O)C(C(=O)C(C)(C)SCc1ccc(OC)cc1)c1c(C)cc(I)cc1C.Cc1cc(I)cc(C)c1C1=C(O)C(C)(C)SC1=O. The number of esters is 1. The molecule has 3 aromatic rings. The number of carbonyl (C=O) groups excluding carboxylic acids is 3. The van der Waals surface area contributed by atoms with Crippen LogP contribution < -0.4 is 4.74 Å². The number of carbonyl (C=O) groups is 3. The summed E-state index contributed by atoms with van der Waals surface area (Å²) in [6.07, 6.45) is 0. The van der Waals surface area contributed by atoms with Gasteiger partial charge in [0.2, 0.25) is 5.12 Å². The highest BCUT2D eigenvalue weighted by Crippen LogP contribution is 2.47. The number of ketones is 1. The predicted molar refractivity (Wildman–Crippen MR) is 216 cm³/mol. The fourth-order valence-electron chi connectivity index (χ4n) is 5.62. The molecule has 0 aromatic heterocycles. The average Bonchev–Trinajstić information content (AvgIpc) is 3.19. The molecule has 0 bridgehead atoms. The topological polar surface area (TPSA) is 89.9 Å². The molecule has 48 heavy (non-hydrogen) atoms. The first-order valence-corrected chi connectivity index (χ1v) is 19.5. The Labute approximate surface area is 320 Å². The smallest absolute Gasteiger partial charge is 0.321 e. The number of benzene rings is 3. The van der Waals surface area contributed by atoms with Gasteiger partial charge < -0.3 is 14.6 Å². The number of aryl methyl sites for hydroxylation is 4. The van der Waals surface area contributed by atoms with Crippen molar-refractivity contribution in [3.63, 3.8) is 0 Å². The molecule has 1 unspecified atom stereocenters. The molecule has 1 heterocycles. The second kappa shape index (κ2) is 16.8. The maximum atomic E-state index is 13.6. The van der Waals surface area contributed by atoms with Crippen LogP contribution in [0.2, 0.25) is 0 Å². The maximum absolute atomic E-state index is 13.6. The molecule has 10 heteroatoms. The Hall–Kier alpha value is -2.03. The summed E-state index contributed by atoms with van der Waals surface area (Å²) in [5, 5.41) is 10.3. The molecule has 0 saturated carbocycles. The zero-order valence-corrected chi connectivity index (χ0v) is 35.1. The molecular weight excluding hydrogens is 870 g/mol. The van der Waals surface area contributed by atoms with Crippen molar-refractivity contribution in [3.05, 3.63) is 100 Å². The van der Waals surface area contributed by atoms with Gasteiger partial charge in [0.05, 0.1) is 28.8 Å². The molecular formula is C38H44I2O6S2. The van der Waals surface area contributed by atoms with Gasteiger partial charge in [-0.15, -0.1) is 11.8 Å². The minimum atomic E-state index is -0.930. The van der Waals surface area contributed by atoms with Crippen LogP contribution >= 0.6 is 68.7 Å². The van der Waals surface area contributed by atoms with Gasteiger partial charge in [-0.05, 0) is 183 Å². The Balaban J connectivity index is 0.000000294. The number of methoxy groups -OCH3 is 1. The number of aliphatic hydroxyl groups excluding tert-OH is 1. The van der Waals surface area contributed by atoms with Crippen LogP contribution in [0.4, 0.5) is 0 Å². The summed E-state index contributed by atoms with van der Waals surface area (Å²) in [7, 11) is 1.63. The van der Waals surface area contributed by atoms with Crippen LogP contribution in [0, 0.1) is 34.8 Å². The quantitative estimate of drug-likeness (QED) is 0.122. The third-order valence-electron chi connectivity index (χ3n) is 8.09. The lowest BCUT2D eigenvalue weighted by Gasteiger charge is -2.29. The molecule has 0 radical (unpaired) electrons. The molecule has 1 aliphatic rings. The number of ether oxygens (including phenoxy) is 2. The van der Waals surface area contributed by atoms with Crippen LogP contribution in [-0.2, 0) is 24.9 Å². The number of Topliss-reactive ketones (excluding diaryl/α,β-unsaturated/α-hetero) is 1. The molecule has 258 valence electrons. The molecule has 1 atom stereocenters. The lowest BCUT2D eigenvalue weighted by molar-refractivity contribution is -0.148. The van der Waals surface area contributed by atoms with Gasteiger partial charge in [-0.1, -0.05) is 23.9 Å². The Morgan fingerprint density at radius 1 is 0.938 bits per heavy atom. The van der Waals surface area contributed by atoms with E-state index in [2.05, 4.69) is 45.2 Å². The van der Waals surface area contributed by atoms with Crippen molar-refractivity contribution in [2.24, 2.45) is 0 Å². The predicted octanol–water partition coefficient (Wildman–Crippen LogP) is 10.1. The summed E-state index contributed by atoms with van der Waals surface area (Å²) in [5.74, 6) is 0.111. The van der Waals surface area contributed by atoms with Crippen LogP contribution in [-0.4, -0.2) is 45.2 Å². The van der Waals surface area contributed by atoms with E-state index in [1.54, 1.807) is 14.0 Å². The van der Waals surface area contributed by atoms with Crippen LogP contribution in [0.1, 0.15) is 79.5 Å². The van der Waals surface area contributed by atoms with E-state index in [0.717, 1.165) is 51.8 Å². The van der Waals surface area contributed by atoms with Crippen molar-refractivity contribution in [1.82, 2.24) is 0 Å². The maximum Gasteiger partial charge on any atom is 0.321 e. The van der Waals surface area contributed by atoms with Gasteiger partial charge in [-0.25, -0.2) is 0 Å². The minimum Gasteiger partial charge on any atom is -0.510 e. The number of halogens is 2. The summed E-state index contributed by atoms with van der Waals surface area (Å²) >= 11 is 7.23. The monoisotopic (exact) mass is 914 g/mol. The van der Waals surface area contributed by atoms with Gasteiger partial charge in [0.1, 0.15) is 17.4 Å². The summed E-state index contributed by atoms with van der Waals surface area (Å²) in [4.78, 5) is 38.7. The molecule has 6 nitrogen and oxygen atoms in total. The first-order valence-electron chi connectivity index (χ1n) is 15.5. The summed E-state index contributed by atoms with van der Waals surface area (Å²) in [6.45, 7) is 17.4. The van der Waals surface area contributed by atoms with E-state index in [-0.39, 0.29) is 23.3 Å². The molecule has 3 aromatic carbocycles. The van der Waals surface area contributed by atoms with Crippen LogP contribution in [0.15, 0.2) is 54.3 Å². The van der Waals surface area contributed by atoms with Crippen LogP contribution in [0.25, 0.3) is 5.57 Å². The minimum absolute atomic E-state index is 0.0371. The van der Waals surface area contributed by atoms with Crippen molar-refractivity contribution in [1.29, 1.82) is 0 Å². The summed E-state index contributed by atoms with van der Waals surface area (Å²) in [5.41, 5.74) is 7.16. The van der Waals surface area contributed by atoms with Crippen LogP contribution in [0.5, 0.6) is 5.75 Å². The zero-order valence-electron chi connectivity index (χ0n) is 29.2. The van der Waals surface area contributed by atoms with Crippen molar-refractivity contribution < 1.29 is 29.0 Å². The first kappa shape index (κ1) is 40.4. The molecule has 1 aliphatic heterocycles. The third-order valence-corrected chi connectivity index (χ3v) is 11.8. The van der Waals surface area contributed by atoms with Crippen molar-refractivity contribution >= 4 is 91.1 Å². The number of thioether (sulfide) groups is 2. The summed E-state index contributed by atoms with van der Waals surface area (Å²) in [6, 6.07) is 15.9. The fourth-order valence-corrected chi connectivity index (χ4v) is 9.43. The molecule has 4 rings (SSSR count). The van der Waals surface area contributed by atoms with Crippen molar-refractivity contribution in [3.8, 4) is 5.75 Å². The standard InChI is InChI=1S/C24H29IO4S.C14H15IO2S/c1-7-29-23(27)21(20-15(2)12-18(25)13-16(20)3)22(26)24(4,5)30-14-17-8-10-19(28-6)11-9-17;1-7-5-9(15)6-8(2)10(7)11-12(16)14(3,4)18-13(11)17/h8-13,21H,7,14H2,1-6H3;5-6,16H,1-4H3. The highest BCUT2D eigenvalue weighted by molar-refractivity contribution is 14.1. The normalized spacial score (nSPS) is 14.7. The lowest BCUT2D eigenvalue weighted by Crippen LogP contribution is -2.38. The Morgan fingerprint density at radius 2 is 1.44 bits per heavy atom. The van der Waals surface area contributed by atoms with Gasteiger partial charge >= 0.3 is 5.97 Å². The average molecular weight is 915 g/mol. The molecule has 0 fully saturated rings. The first-order chi connectivity index (χ1) is 22.3. The lowest BCUT2D eigenvalue weighted by atomic mass is 9.83. The fraction of sp³-hybridized carbons (Fsp3) is 0.395. The molecule has 0 spiro atoms. The van der Waals surface area contributed by atoms with E-state index in [4.69, 9.17) is 9.47 Å². The summed E-state index contributed by atoms with van der Waals surface area (Å²) < 4.78 is 11.5. The third kappa shape index (κ3) is 9.60. The van der Waals surface area contributed by atoms with Crippen molar-refractivity contribution in [2.45, 2.75) is 83.5 Å². The van der Waals surface area contributed by atoms with E-state index < -0.39 is 21.4 Å². The van der Waals surface area contributed by atoms with E-state index >= 15 is 0 Å². The molecule has 0 aliphatic carbocycles. The van der Waals surface area contributed by atoms with Gasteiger partial charge in [0.25, 0.3) is 0 Å². The van der Waals surface area contributed by atoms with Gasteiger partial charge in [0, 0.05) is 12.9 Å². The number of aliphatic hydroxyl groups is 1.